The number of nitrogens with one attached hydrogen (secondary N) is 1. The van der Waals surface area contributed by atoms with Crippen LogP contribution in [0.1, 0.15) is 34.8 Å². The van der Waals surface area contributed by atoms with Crippen molar-refractivity contribution in [3.8, 4) is 16.5 Å². The van der Waals surface area contributed by atoms with Crippen LogP contribution >= 0.6 is 11.3 Å². The normalized spacial score (nSPS) is 14.5. The van der Waals surface area contributed by atoms with E-state index < -0.39 is 10.0 Å². The molecule has 2 aromatic heterocycles. The number of ether oxygens (including phenoxy) is 1. The van der Waals surface area contributed by atoms with Gasteiger partial charge in [0.2, 0.25) is 0 Å². The number of carbonyl (C=O) groups is 1. The molecule has 1 fully saturated rings. The van der Waals surface area contributed by atoms with Gasteiger partial charge in [0.15, 0.2) is 0 Å². The van der Waals surface area contributed by atoms with Crippen molar-refractivity contribution < 1.29 is 22.4 Å². The van der Waals surface area contributed by atoms with Crippen LogP contribution in [-0.4, -0.2) is 49.6 Å². The lowest BCUT2D eigenvalue weighted by Gasteiger charge is -2.24. The predicted molar refractivity (Wildman–Crippen MR) is 116 cm³/mol. The second-order valence-electron chi connectivity index (χ2n) is 7.13. The number of rotatable bonds is 6. The maximum atomic E-state index is 12.9. The molecule has 3 aromatic rings. The maximum Gasteiger partial charge on any atom is 0.311 e. The largest absolute Gasteiger partial charge is 0.497 e. The van der Waals surface area contributed by atoms with Gasteiger partial charge in [-0.25, -0.2) is 8.42 Å². The number of aryl methyl sites for hydroxylation is 1. The number of nitrogens with zero attached hydrogens (tertiary/aromatic N) is 3. The fourth-order valence-corrected chi connectivity index (χ4v) is 5.94. The first-order chi connectivity index (χ1) is 14.9. The summed E-state index contributed by atoms with van der Waals surface area (Å²) in [5, 5.41) is 7.84. The van der Waals surface area contributed by atoms with Crippen LogP contribution in [0.5, 0.6) is 5.75 Å². The zero-order valence-corrected chi connectivity index (χ0v) is 18.8. The summed E-state index contributed by atoms with van der Waals surface area (Å²) >= 11 is 1.21. The van der Waals surface area contributed by atoms with Crippen LogP contribution in [0.15, 0.2) is 39.6 Å². The Morgan fingerprint density at radius 3 is 2.71 bits per heavy atom. The van der Waals surface area contributed by atoms with E-state index in [4.69, 9.17) is 9.15 Å². The minimum absolute atomic E-state index is 0.0816. The summed E-state index contributed by atoms with van der Waals surface area (Å²) in [6.07, 6.45) is 3.02. The molecular formula is C20H22N4O5S2. The van der Waals surface area contributed by atoms with E-state index in [0.29, 0.717) is 34.3 Å². The van der Waals surface area contributed by atoms with Gasteiger partial charge < -0.3 is 14.1 Å². The first kappa shape index (κ1) is 21.3. The Labute approximate surface area is 184 Å². The van der Waals surface area contributed by atoms with Gasteiger partial charge >= 0.3 is 11.8 Å². The average molecular weight is 463 g/mol. The maximum absolute atomic E-state index is 12.9. The van der Waals surface area contributed by atoms with Gasteiger partial charge in [-0.15, -0.1) is 21.5 Å². The van der Waals surface area contributed by atoms with Gasteiger partial charge in [-0.1, -0.05) is 6.07 Å². The average Bonchev–Trinajstić information content (AvgIpc) is 3.41. The van der Waals surface area contributed by atoms with E-state index in [-0.39, 0.29) is 22.6 Å². The molecule has 164 valence electrons. The van der Waals surface area contributed by atoms with Crippen LogP contribution in [0.2, 0.25) is 0 Å². The number of methoxy groups -OCH3 is 1. The topological polar surface area (TPSA) is 115 Å². The number of carbonyl (C=O) groups excluding carboxylic acids is 1. The highest BCUT2D eigenvalue weighted by molar-refractivity contribution is 7.93. The SMILES string of the molecule is COc1cccc(NS(=O)(=O)c2cc(-c3nnc(C(=O)N4CCCCC4)o3)sc2C)c1. The fourth-order valence-electron chi connectivity index (χ4n) is 3.38. The number of benzene rings is 1. The Bertz CT molecular complexity index is 1200. The summed E-state index contributed by atoms with van der Waals surface area (Å²) in [5.74, 6) is 0.289. The van der Waals surface area contributed by atoms with Crippen molar-refractivity contribution in [2.75, 3.05) is 24.9 Å². The minimum atomic E-state index is -3.84. The van der Waals surface area contributed by atoms with Crippen LogP contribution in [-0.2, 0) is 10.0 Å². The first-order valence-corrected chi connectivity index (χ1v) is 12.1. The van der Waals surface area contributed by atoms with Crippen molar-refractivity contribution in [3.63, 3.8) is 0 Å². The van der Waals surface area contributed by atoms with E-state index in [1.54, 1.807) is 36.1 Å². The molecule has 1 saturated heterocycles. The molecule has 31 heavy (non-hydrogen) atoms. The van der Waals surface area contributed by atoms with Gasteiger partial charge in [0, 0.05) is 24.0 Å². The van der Waals surface area contributed by atoms with E-state index in [1.165, 1.54) is 24.5 Å². The Morgan fingerprint density at radius 1 is 1.19 bits per heavy atom. The molecule has 0 spiro atoms. The lowest BCUT2D eigenvalue weighted by molar-refractivity contribution is 0.0684. The monoisotopic (exact) mass is 462 g/mol. The number of sulfonamides is 1. The highest BCUT2D eigenvalue weighted by Gasteiger charge is 2.26. The smallest absolute Gasteiger partial charge is 0.311 e. The van der Waals surface area contributed by atoms with Crippen molar-refractivity contribution in [2.24, 2.45) is 0 Å². The third-order valence-electron chi connectivity index (χ3n) is 4.95. The second-order valence-corrected chi connectivity index (χ2v) is 10.0. The van der Waals surface area contributed by atoms with Crippen LogP contribution in [0.25, 0.3) is 10.8 Å². The minimum Gasteiger partial charge on any atom is -0.497 e. The summed E-state index contributed by atoms with van der Waals surface area (Å²) < 4.78 is 39.1. The third kappa shape index (κ3) is 4.57. The lowest BCUT2D eigenvalue weighted by atomic mass is 10.1. The lowest BCUT2D eigenvalue weighted by Crippen LogP contribution is -2.35. The van der Waals surface area contributed by atoms with Crippen LogP contribution < -0.4 is 9.46 Å². The van der Waals surface area contributed by atoms with Crippen LogP contribution in [0.3, 0.4) is 0 Å². The van der Waals surface area contributed by atoms with Gasteiger partial charge in [-0.05, 0) is 44.4 Å². The number of aromatic nitrogens is 2. The predicted octanol–water partition coefficient (Wildman–Crippen LogP) is 3.54. The molecule has 1 aromatic carbocycles. The van der Waals surface area contributed by atoms with Crippen molar-refractivity contribution in [3.05, 3.63) is 41.1 Å². The van der Waals surface area contributed by atoms with Gasteiger partial charge in [-0.3, -0.25) is 9.52 Å². The molecule has 1 aliphatic rings. The van der Waals surface area contributed by atoms with Gasteiger partial charge in [0.25, 0.3) is 15.9 Å². The van der Waals surface area contributed by atoms with Crippen molar-refractivity contribution >= 4 is 33.0 Å². The molecule has 0 radical (unpaired) electrons. The quantitative estimate of drug-likeness (QED) is 0.596. The molecule has 1 aliphatic heterocycles. The molecule has 0 aliphatic carbocycles. The number of likely N-dealkylation sites (tertiary alicyclic amines) is 1. The van der Waals surface area contributed by atoms with Crippen molar-refractivity contribution in [1.29, 1.82) is 0 Å². The summed E-state index contributed by atoms with van der Waals surface area (Å²) in [4.78, 5) is 15.4. The van der Waals surface area contributed by atoms with E-state index in [9.17, 15) is 13.2 Å². The van der Waals surface area contributed by atoms with E-state index in [0.717, 1.165) is 19.3 Å². The molecule has 0 unspecified atom stereocenters. The van der Waals surface area contributed by atoms with Crippen LogP contribution in [0.4, 0.5) is 5.69 Å². The molecule has 1 N–H and O–H groups in total. The van der Waals surface area contributed by atoms with E-state index >= 15 is 0 Å². The molecule has 0 saturated carbocycles. The number of hydrogen-bond acceptors (Lipinski definition) is 8. The Hall–Kier alpha value is -2.92. The summed E-state index contributed by atoms with van der Waals surface area (Å²) in [6, 6.07) is 8.13. The number of anilines is 1. The molecule has 0 atom stereocenters. The van der Waals surface area contributed by atoms with E-state index in [1.807, 2.05) is 0 Å². The first-order valence-electron chi connectivity index (χ1n) is 9.78. The summed E-state index contributed by atoms with van der Waals surface area (Å²) in [5.41, 5.74) is 0.388. The molecular weight excluding hydrogens is 440 g/mol. The standard InChI is InChI=1S/C20H22N4O5S2/c1-13-17(31(26,27)23-14-7-6-8-15(11-14)28-2)12-16(30-13)18-21-22-19(29-18)20(25)24-9-4-3-5-10-24/h6-8,11-12,23H,3-5,9-10H2,1-2H3. The van der Waals surface area contributed by atoms with Crippen molar-refractivity contribution in [2.45, 2.75) is 31.1 Å². The van der Waals surface area contributed by atoms with Gasteiger partial charge in [0.1, 0.15) is 10.6 Å². The number of amides is 1. The number of thiophene rings is 1. The van der Waals surface area contributed by atoms with E-state index in [2.05, 4.69) is 14.9 Å². The molecule has 3 heterocycles. The zero-order chi connectivity index (χ0) is 22.0. The van der Waals surface area contributed by atoms with Crippen molar-refractivity contribution in [1.82, 2.24) is 15.1 Å². The number of hydrogen-bond donors (Lipinski definition) is 1. The molecule has 4 rings (SSSR count). The highest BCUT2D eigenvalue weighted by atomic mass is 32.2. The van der Waals surface area contributed by atoms with Crippen LogP contribution in [0, 0.1) is 6.92 Å². The summed E-state index contributed by atoms with van der Waals surface area (Å²) in [7, 11) is -2.33. The molecule has 0 bridgehead atoms. The molecule has 1 amide bonds. The zero-order valence-electron chi connectivity index (χ0n) is 17.1. The second kappa shape index (κ2) is 8.67. The highest BCUT2D eigenvalue weighted by Crippen LogP contribution is 2.34. The Morgan fingerprint density at radius 2 is 1.97 bits per heavy atom. The number of piperidine rings is 1. The molecule has 9 nitrogen and oxygen atoms in total. The Balaban J connectivity index is 1.56. The molecule has 11 heteroatoms. The third-order valence-corrected chi connectivity index (χ3v) is 7.62. The fraction of sp³-hybridized carbons (Fsp3) is 0.350. The summed E-state index contributed by atoms with van der Waals surface area (Å²) in [6.45, 7) is 3.05. The Kier molecular flexibility index (Phi) is 5.96. The van der Waals surface area contributed by atoms with Gasteiger partial charge in [0.05, 0.1) is 17.7 Å². The van der Waals surface area contributed by atoms with Gasteiger partial charge in [-0.2, -0.15) is 0 Å².